The Bertz CT molecular complexity index is 558. The average Bonchev–Trinajstić information content (AvgIpc) is 2.40. The Labute approximate surface area is 113 Å². The predicted molar refractivity (Wildman–Crippen MR) is 70.8 cm³/mol. The molecule has 0 saturated carbocycles. The van der Waals surface area contributed by atoms with Gasteiger partial charge in [-0.3, -0.25) is 9.78 Å². The molecule has 2 aromatic rings. The number of halogens is 1. The maximum Gasteiger partial charge on any atom is 0.187 e. The van der Waals surface area contributed by atoms with Crippen LogP contribution in [0.3, 0.4) is 0 Å². The molecule has 0 radical (unpaired) electrons. The van der Waals surface area contributed by atoms with Crippen molar-refractivity contribution in [2.45, 2.75) is 6.42 Å². The lowest BCUT2D eigenvalue weighted by Gasteiger charge is -2.08. The van der Waals surface area contributed by atoms with Crippen molar-refractivity contribution in [1.29, 1.82) is 0 Å². The van der Waals surface area contributed by atoms with Gasteiger partial charge in [-0.2, -0.15) is 0 Å². The van der Waals surface area contributed by atoms with E-state index in [9.17, 15) is 4.79 Å². The Morgan fingerprint density at radius 1 is 1.39 bits per heavy atom. The fraction of sp³-hybridized carbons (Fsp3) is 0.154. The molecule has 0 saturated heterocycles. The van der Waals surface area contributed by atoms with E-state index in [4.69, 9.17) is 4.74 Å². The smallest absolute Gasteiger partial charge is 0.187 e. The van der Waals surface area contributed by atoms with E-state index in [-0.39, 0.29) is 12.2 Å². The van der Waals surface area contributed by atoms with E-state index in [1.165, 1.54) is 18.6 Å². The van der Waals surface area contributed by atoms with Crippen molar-refractivity contribution in [2.75, 3.05) is 7.11 Å². The summed E-state index contributed by atoms with van der Waals surface area (Å²) >= 11 is 3.38. The van der Waals surface area contributed by atoms with Crippen LogP contribution in [0.25, 0.3) is 0 Å². The Morgan fingerprint density at radius 2 is 2.22 bits per heavy atom. The molecule has 2 rings (SSSR count). The lowest BCUT2D eigenvalue weighted by atomic mass is 10.1. The zero-order valence-electron chi connectivity index (χ0n) is 9.76. The maximum atomic E-state index is 12.0. The summed E-state index contributed by atoms with van der Waals surface area (Å²) in [7, 11) is 1.58. The minimum absolute atomic E-state index is 0.0838. The first-order valence-corrected chi connectivity index (χ1v) is 6.11. The number of ketones is 1. The normalized spacial score (nSPS) is 10.1. The first kappa shape index (κ1) is 12.7. The van der Waals surface area contributed by atoms with Crippen molar-refractivity contribution >= 4 is 21.7 Å². The molecule has 0 atom stereocenters. The van der Waals surface area contributed by atoms with Crippen molar-refractivity contribution in [3.05, 3.63) is 52.5 Å². The van der Waals surface area contributed by atoms with Crippen LogP contribution in [-0.4, -0.2) is 22.9 Å². The Balaban J connectivity index is 2.24. The van der Waals surface area contributed by atoms with Crippen LogP contribution in [0.2, 0.25) is 0 Å². The topological polar surface area (TPSA) is 52.1 Å². The first-order chi connectivity index (χ1) is 8.70. The molecule has 1 heterocycles. The van der Waals surface area contributed by atoms with Crippen LogP contribution in [0.5, 0.6) is 5.75 Å². The van der Waals surface area contributed by atoms with Gasteiger partial charge in [0.05, 0.1) is 13.3 Å². The molecule has 0 aliphatic heterocycles. The highest BCUT2D eigenvalue weighted by Crippen LogP contribution is 2.24. The summed E-state index contributed by atoms with van der Waals surface area (Å²) in [6.07, 6.45) is 4.75. The second-order valence-electron chi connectivity index (χ2n) is 3.65. The van der Waals surface area contributed by atoms with Gasteiger partial charge in [0, 0.05) is 28.9 Å². The van der Waals surface area contributed by atoms with Crippen LogP contribution in [0.4, 0.5) is 0 Å². The SMILES string of the molecule is COc1ccc(Br)cc1CC(=O)c1cnccn1. The first-order valence-electron chi connectivity index (χ1n) is 5.32. The predicted octanol–water partition coefficient (Wildman–Crippen LogP) is 2.67. The fourth-order valence-electron chi connectivity index (χ4n) is 1.59. The molecule has 0 bridgehead atoms. The summed E-state index contributed by atoms with van der Waals surface area (Å²) in [6.45, 7) is 0. The highest BCUT2D eigenvalue weighted by atomic mass is 79.9. The summed E-state index contributed by atoms with van der Waals surface area (Å²) in [5, 5.41) is 0. The minimum Gasteiger partial charge on any atom is -0.496 e. The molecule has 0 aliphatic rings. The molecule has 0 amide bonds. The zero-order chi connectivity index (χ0) is 13.0. The molecule has 5 heteroatoms. The van der Waals surface area contributed by atoms with Crippen molar-refractivity contribution in [2.24, 2.45) is 0 Å². The van der Waals surface area contributed by atoms with Crippen LogP contribution in [0.1, 0.15) is 16.1 Å². The van der Waals surface area contributed by atoms with Gasteiger partial charge in [-0.15, -0.1) is 0 Å². The number of hydrogen-bond acceptors (Lipinski definition) is 4. The van der Waals surface area contributed by atoms with E-state index in [0.717, 1.165) is 10.0 Å². The van der Waals surface area contributed by atoms with Crippen molar-refractivity contribution in [3.8, 4) is 5.75 Å². The summed E-state index contributed by atoms with van der Waals surface area (Å²) in [6, 6.07) is 5.56. The monoisotopic (exact) mass is 306 g/mol. The van der Waals surface area contributed by atoms with Gasteiger partial charge >= 0.3 is 0 Å². The van der Waals surface area contributed by atoms with Crippen molar-refractivity contribution < 1.29 is 9.53 Å². The molecular formula is C13H11BrN2O2. The van der Waals surface area contributed by atoms with E-state index in [1.54, 1.807) is 7.11 Å². The van der Waals surface area contributed by atoms with E-state index < -0.39 is 0 Å². The van der Waals surface area contributed by atoms with Crippen LogP contribution in [0, 0.1) is 0 Å². The molecule has 92 valence electrons. The highest BCUT2D eigenvalue weighted by molar-refractivity contribution is 9.10. The molecule has 4 nitrogen and oxygen atoms in total. The third-order valence-corrected chi connectivity index (χ3v) is 2.94. The summed E-state index contributed by atoms with van der Waals surface area (Å²) in [5.41, 5.74) is 1.18. The van der Waals surface area contributed by atoms with Gasteiger partial charge in [0.2, 0.25) is 0 Å². The fourth-order valence-corrected chi connectivity index (χ4v) is 2.00. The van der Waals surface area contributed by atoms with Gasteiger partial charge in [-0.05, 0) is 18.2 Å². The minimum atomic E-state index is -0.0838. The Kier molecular flexibility index (Phi) is 4.04. The number of carbonyl (C=O) groups is 1. The summed E-state index contributed by atoms with van der Waals surface area (Å²) in [5.74, 6) is 0.606. The van der Waals surface area contributed by atoms with Gasteiger partial charge in [0.15, 0.2) is 5.78 Å². The van der Waals surface area contributed by atoms with E-state index in [2.05, 4.69) is 25.9 Å². The summed E-state index contributed by atoms with van der Waals surface area (Å²) < 4.78 is 6.14. The van der Waals surface area contributed by atoms with Crippen LogP contribution in [-0.2, 0) is 6.42 Å². The number of carbonyl (C=O) groups excluding carboxylic acids is 1. The molecule has 1 aromatic carbocycles. The number of hydrogen-bond donors (Lipinski definition) is 0. The van der Waals surface area contributed by atoms with E-state index in [0.29, 0.717) is 11.4 Å². The average molecular weight is 307 g/mol. The van der Waals surface area contributed by atoms with Crippen LogP contribution < -0.4 is 4.74 Å². The second kappa shape index (κ2) is 5.73. The van der Waals surface area contributed by atoms with Gasteiger partial charge in [-0.1, -0.05) is 15.9 Å². The lowest BCUT2D eigenvalue weighted by molar-refractivity contribution is 0.0987. The molecule has 18 heavy (non-hydrogen) atoms. The van der Waals surface area contributed by atoms with E-state index in [1.807, 2.05) is 18.2 Å². The Morgan fingerprint density at radius 3 is 2.89 bits per heavy atom. The quantitative estimate of drug-likeness (QED) is 0.815. The van der Waals surface area contributed by atoms with Crippen LogP contribution in [0.15, 0.2) is 41.3 Å². The molecule has 0 unspecified atom stereocenters. The summed E-state index contributed by atoms with van der Waals surface area (Å²) in [4.78, 5) is 19.9. The number of ether oxygens (including phenoxy) is 1. The van der Waals surface area contributed by atoms with Crippen LogP contribution >= 0.6 is 15.9 Å². The lowest BCUT2D eigenvalue weighted by Crippen LogP contribution is -2.07. The standard InChI is InChI=1S/C13H11BrN2O2/c1-18-13-3-2-10(14)6-9(13)7-12(17)11-8-15-4-5-16-11/h2-6,8H,7H2,1H3. The largest absolute Gasteiger partial charge is 0.496 e. The number of aromatic nitrogens is 2. The molecule has 1 aromatic heterocycles. The second-order valence-corrected chi connectivity index (χ2v) is 4.56. The third kappa shape index (κ3) is 2.92. The molecule has 0 spiro atoms. The number of nitrogens with zero attached hydrogens (tertiary/aromatic N) is 2. The number of benzene rings is 1. The number of Topliss-reactive ketones (excluding diaryl/α,β-unsaturated/α-hetero) is 1. The van der Waals surface area contributed by atoms with Gasteiger partial charge < -0.3 is 4.74 Å². The molecular weight excluding hydrogens is 296 g/mol. The number of methoxy groups -OCH3 is 1. The molecule has 0 aliphatic carbocycles. The molecule has 0 fully saturated rings. The number of rotatable bonds is 4. The van der Waals surface area contributed by atoms with E-state index >= 15 is 0 Å². The zero-order valence-corrected chi connectivity index (χ0v) is 11.3. The van der Waals surface area contributed by atoms with Crippen molar-refractivity contribution in [3.63, 3.8) is 0 Å². The maximum absolute atomic E-state index is 12.0. The van der Waals surface area contributed by atoms with Gasteiger partial charge in [0.1, 0.15) is 11.4 Å². The van der Waals surface area contributed by atoms with Gasteiger partial charge in [-0.25, -0.2) is 4.98 Å². The van der Waals surface area contributed by atoms with Gasteiger partial charge in [0.25, 0.3) is 0 Å². The Hall–Kier alpha value is -1.75. The third-order valence-electron chi connectivity index (χ3n) is 2.44. The highest BCUT2D eigenvalue weighted by Gasteiger charge is 2.12. The molecule has 0 N–H and O–H groups in total. The van der Waals surface area contributed by atoms with Crippen molar-refractivity contribution in [1.82, 2.24) is 9.97 Å².